The van der Waals surface area contributed by atoms with Crippen LogP contribution in [0.5, 0.6) is 0 Å². The maximum atomic E-state index is 11.9. The van der Waals surface area contributed by atoms with Crippen LogP contribution in [-0.4, -0.2) is 56.5 Å². The fraction of sp³-hybridized carbons (Fsp3) is 0.588. The molecule has 1 aromatic rings. The number of carbonyl (C=O) groups excluding carboxylic acids is 1. The molecule has 5 nitrogen and oxygen atoms in total. The SMILES string of the molecule is O=C(CCOCC(F)(F)F)NCc1cccc(CN2CCOCC2)c1. The molecular weight excluding hydrogens is 337 g/mol. The largest absolute Gasteiger partial charge is 0.411 e. The highest BCUT2D eigenvalue weighted by atomic mass is 19.4. The summed E-state index contributed by atoms with van der Waals surface area (Å²) >= 11 is 0. The fourth-order valence-corrected chi connectivity index (χ4v) is 2.50. The summed E-state index contributed by atoms with van der Waals surface area (Å²) in [5.41, 5.74) is 2.11. The summed E-state index contributed by atoms with van der Waals surface area (Å²) in [6, 6.07) is 7.90. The zero-order valence-electron chi connectivity index (χ0n) is 14.0. The van der Waals surface area contributed by atoms with Gasteiger partial charge < -0.3 is 14.8 Å². The molecule has 1 aromatic carbocycles. The van der Waals surface area contributed by atoms with Crippen molar-refractivity contribution in [2.45, 2.75) is 25.7 Å². The Hall–Kier alpha value is -1.64. The summed E-state index contributed by atoms with van der Waals surface area (Å²) in [4.78, 5) is 14.0. The quantitative estimate of drug-likeness (QED) is 0.722. The van der Waals surface area contributed by atoms with Gasteiger partial charge in [-0.1, -0.05) is 24.3 Å². The maximum absolute atomic E-state index is 11.9. The number of amides is 1. The van der Waals surface area contributed by atoms with Gasteiger partial charge in [0.1, 0.15) is 6.61 Å². The Morgan fingerprint density at radius 3 is 2.68 bits per heavy atom. The van der Waals surface area contributed by atoms with Gasteiger partial charge in [-0.25, -0.2) is 0 Å². The van der Waals surface area contributed by atoms with Crippen molar-refractivity contribution in [2.24, 2.45) is 0 Å². The average molecular weight is 360 g/mol. The van der Waals surface area contributed by atoms with Crippen LogP contribution < -0.4 is 5.32 Å². The maximum Gasteiger partial charge on any atom is 0.411 e. The van der Waals surface area contributed by atoms with Crippen LogP contribution in [0.4, 0.5) is 13.2 Å². The van der Waals surface area contributed by atoms with Crippen LogP contribution in [0, 0.1) is 0 Å². The third kappa shape index (κ3) is 8.33. The average Bonchev–Trinajstić information content (AvgIpc) is 2.57. The summed E-state index contributed by atoms with van der Waals surface area (Å²) < 4.78 is 45.5. The number of carbonyl (C=O) groups is 1. The van der Waals surface area contributed by atoms with Crippen LogP contribution in [0.15, 0.2) is 24.3 Å². The first kappa shape index (κ1) is 19.7. The van der Waals surface area contributed by atoms with Gasteiger partial charge in [0.25, 0.3) is 0 Å². The molecule has 0 atom stereocenters. The number of morpholine rings is 1. The number of nitrogens with one attached hydrogen (secondary N) is 1. The van der Waals surface area contributed by atoms with Gasteiger partial charge in [0.15, 0.2) is 0 Å². The predicted octanol–water partition coefficient (Wildman–Crippen LogP) is 2.10. The molecule has 0 unspecified atom stereocenters. The first-order valence-corrected chi connectivity index (χ1v) is 8.21. The number of halogens is 3. The smallest absolute Gasteiger partial charge is 0.379 e. The highest BCUT2D eigenvalue weighted by Gasteiger charge is 2.27. The van der Waals surface area contributed by atoms with E-state index in [0.717, 1.165) is 44.0 Å². The van der Waals surface area contributed by atoms with Crippen molar-refractivity contribution < 1.29 is 27.4 Å². The van der Waals surface area contributed by atoms with Gasteiger partial charge in [-0.3, -0.25) is 9.69 Å². The van der Waals surface area contributed by atoms with Crippen LogP contribution in [0.2, 0.25) is 0 Å². The van der Waals surface area contributed by atoms with Crippen LogP contribution in [0.3, 0.4) is 0 Å². The molecule has 1 aliphatic heterocycles. The minimum Gasteiger partial charge on any atom is -0.379 e. The Bertz CT molecular complexity index is 546. The monoisotopic (exact) mass is 360 g/mol. The molecule has 0 bridgehead atoms. The first-order chi connectivity index (χ1) is 11.9. The van der Waals surface area contributed by atoms with E-state index in [4.69, 9.17) is 4.74 Å². The summed E-state index contributed by atoms with van der Waals surface area (Å²) in [7, 11) is 0. The number of hydrogen-bond acceptors (Lipinski definition) is 4. The van der Waals surface area contributed by atoms with Crippen molar-refractivity contribution in [3.8, 4) is 0 Å². The van der Waals surface area contributed by atoms with Crippen LogP contribution >= 0.6 is 0 Å². The second kappa shape index (κ2) is 9.74. The standard InChI is InChI=1S/C17H23F3N2O3/c18-17(19,20)13-25-7-4-16(23)21-11-14-2-1-3-15(10-14)12-22-5-8-24-9-6-22/h1-3,10H,4-9,11-13H2,(H,21,23). The summed E-state index contributed by atoms with van der Waals surface area (Å²) in [6.07, 6.45) is -4.46. The molecule has 1 N–H and O–H groups in total. The molecule has 25 heavy (non-hydrogen) atoms. The van der Waals surface area contributed by atoms with E-state index in [1.165, 1.54) is 0 Å². The molecule has 0 saturated carbocycles. The van der Waals surface area contributed by atoms with Crippen molar-refractivity contribution in [3.63, 3.8) is 0 Å². The normalized spacial score (nSPS) is 16.0. The summed E-state index contributed by atoms with van der Waals surface area (Å²) in [6.45, 7) is 2.88. The number of alkyl halides is 3. The molecule has 0 aromatic heterocycles. The molecule has 140 valence electrons. The zero-order valence-corrected chi connectivity index (χ0v) is 14.0. The molecule has 1 amide bonds. The molecule has 0 aliphatic carbocycles. The number of ether oxygens (including phenoxy) is 2. The molecule has 1 fully saturated rings. The molecule has 1 heterocycles. The molecule has 0 spiro atoms. The minimum atomic E-state index is -4.36. The van der Waals surface area contributed by atoms with Gasteiger partial charge in [-0.05, 0) is 11.1 Å². The zero-order chi connectivity index (χ0) is 18.1. The lowest BCUT2D eigenvalue weighted by molar-refractivity contribution is -0.174. The topological polar surface area (TPSA) is 50.8 Å². The van der Waals surface area contributed by atoms with E-state index in [9.17, 15) is 18.0 Å². The van der Waals surface area contributed by atoms with E-state index >= 15 is 0 Å². The second-order valence-electron chi connectivity index (χ2n) is 5.90. The lowest BCUT2D eigenvalue weighted by atomic mass is 10.1. The van der Waals surface area contributed by atoms with Gasteiger partial charge >= 0.3 is 6.18 Å². The van der Waals surface area contributed by atoms with Gasteiger partial charge in [-0.2, -0.15) is 13.2 Å². The predicted molar refractivity (Wildman–Crippen MR) is 85.9 cm³/mol. The van der Waals surface area contributed by atoms with Crippen LogP contribution in [-0.2, 0) is 27.4 Å². The Balaban J connectivity index is 1.69. The highest BCUT2D eigenvalue weighted by molar-refractivity contribution is 5.75. The Labute approximate surface area is 145 Å². The number of nitrogens with zero attached hydrogens (tertiary/aromatic N) is 1. The molecule has 1 saturated heterocycles. The minimum absolute atomic E-state index is 0.0937. The number of hydrogen-bond donors (Lipinski definition) is 1. The lowest BCUT2D eigenvalue weighted by Gasteiger charge is -2.26. The van der Waals surface area contributed by atoms with E-state index in [0.29, 0.717) is 6.54 Å². The van der Waals surface area contributed by atoms with Crippen molar-refractivity contribution in [1.82, 2.24) is 10.2 Å². The molecule has 1 aliphatic rings. The van der Waals surface area contributed by atoms with E-state index in [-0.39, 0.29) is 18.9 Å². The van der Waals surface area contributed by atoms with Crippen LogP contribution in [0.1, 0.15) is 17.5 Å². The highest BCUT2D eigenvalue weighted by Crippen LogP contribution is 2.14. The number of rotatable bonds is 8. The molecule has 8 heteroatoms. The van der Waals surface area contributed by atoms with Gasteiger partial charge in [0, 0.05) is 32.6 Å². The van der Waals surface area contributed by atoms with Crippen molar-refractivity contribution in [2.75, 3.05) is 39.5 Å². The van der Waals surface area contributed by atoms with Crippen LogP contribution in [0.25, 0.3) is 0 Å². The molecule has 2 rings (SSSR count). The van der Waals surface area contributed by atoms with E-state index in [1.807, 2.05) is 24.3 Å². The van der Waals surface area contributed by atoms with Gasteiger partial charge in [-0.15, -0.1) is 0 Å². The third-order valence-electron chi connectivity index (χ3n) is 3.73. The Morgan fingerprint density at radius 1 is 1.24 bits per heavy atom. The van der Waals surface area contributed by atoms with Crippen molar-refractivity contribution >= 4 is 5.91 Å². The Morgan fingerprint density at radius 2 is 1.96 bits per heavy atom. The van der Waals surface area contributed by atoms with E-state index in [2.05, 4.69) is 15.0 Å². The van der Waals surface area contributed by atoms with Gasteiger partial charge in [0.05, 0.1) is 19.8 Å². The second-order valence-corrected chi connectivity index (χ2v) is 5.90. The third-order valence-corrected chi connectivity index (χ3v) is 3.73. The van der Waals surface area contributed by atoms with E-state index < -0.39 is 12.8 Å². The van der Waals surface area contributed by atoms with Gasteiger partial charge in [0.2, 0.25) is 5.91 Å². The molecule has 0 radical (unpaired) electrons. The summed E-state index contributed by atoms with van der Waals surface area (Å²) in [5, 5.41) is 2.69. The first-order valence-electron chi connectivity index (χ1n) is 8.21. The fourth-order valence-electron chi connectivity index (χ4n) is 2.50. The Kier molecular flexibility index (Phi) is 7.67. The van der Waals surface area contributed by atoms with E-state index in [1.54, 1.807) is 0 Å². The molecular formula is C17H23F3N2O3. The van der Waals surface area contributed by atoms with Crippen molar-refractivity contribution in [1.29, 1.82) is 0 Å². The van der Waals surface area contributed by atoms with Crippen molar-refractivity contribution in [3.05, 3.63) is 35.4 Å². The summed E-state index contributed by atoms with van der Waals surface area (Å²) in [5.74, 6) is -0.333. The lowest BCUT2D eigenvalue weighted by Crippen LogP contribution is -2.35. The number of benzene rings is 1.